The zero-order valence-electron chi connectivity index (χ0n) is 10.5. The van der Waals surface area contributed by atoms with E-state index in [1.807, 2.05) is 32.0 Å². The van der Waals surface area contributed by atoms with Gasteiger partial charge in [0.1, 0.15) is 5.75 Å². The Bertz CT molecular complexity index is 393. The SMILES string of the molecule is CCN(CCCl)C(=O)c1cc(C)ccc1OC. The van der Waals surface area contributed by atoms with Crippen LogP contribution in [0.1, 0.15) is 22.8 Å². The molecule has 94 valence electrons. The summed E-state index contributed by atoms with van der Waals surface area (Å²) in [5.74, 6) is 1.01. The Morgan fingerprint density at radius 1 is 1.47 bits per heavy atom. The first-order valence-corrected chi connectivity index (χ1v) is 6.17. The molecular formula is C13H18ClNO2. The molecule has 0 aliphatic carbocycles. The smallest absolute Gasteiger partial charge is 0.257 e. The Balaban J connectivity index is 3.04. The number of rotatable bonds is 5. The molecule has 1 aromatic carbocycles. The van der Waals surface area contributed by atoms with Crippen molar-refractivity contribution in [1.82, 2.24) is 4.90 Å². The average Bonchev–Trinajstić information content (AvgIpc) is 2.35. The van der Waals surface area contributed by atoms with E-state index in [2.05, 4.69) is 0 Å². The summed E-state index contributed by atoms with van der Waals surface area (Å²) < 4.78 is 5.21. The van der Waals surface area contributed by atoms with Crippen LogP contribution in [0.25, 0.3) is 0 Å². The minimum absolute atomic E-state index is 0.0336. The van der Waals surface area contributed by atoms with Crippen LogP contribution in [0, 0.1) is 6.92 Å². The minimum Gasteiger partial charge on any atom is -0.496 e. The Morgan fingerprint density at radius 2 is 2.18 bits per heavy atom. The second-order valence-electron chi connectivity index (χ2n) is 3.78. The molecule has 0 radical (unpaired) electrons. The van der Waals surface area contributed by atoms with Crippen molar-refractivity contribution in [2.45, 2.75) is 13.8 Å². The lowest BCUT2D eigenvalue weighted by Crippen LogP contribution is -2.32. The number of nitrogens with zero attached hydrogens (tertiary/aromatic N) is 1. The van der Waals surface area contributed by atoms with Crippen molar-refractivity contribution in [3.63, 3.8) is 0 Å². The van der Waals surface area contributed by atoms with E-state index in [-0.39, 0.29) is 5.91 Å². The molecule has 0 saturated carbocycles. The highest BCUT2D eigenvalue weighted by Gasteiger charge is 2.17. The van der Waals surface area contributed by atoms with Crippen molar-refractivity contribution in [1.29, 1.82) is 0 Å². The zero-order valence-corrected chi connectivity index (χ0v) is 11.3. The molecule has 17 heavy (non-hydrogen) atoms. The number of aryl methyl sites for hydroxylation is 1. The van der Waals surface area contributed by atoms with E-state index in [9.17, 15) is 4.79 Å². The summed E-state index contributed by atoms with van der Waals surface area (Å²) in [6.45, 7) is 5.08. The summed E-state index contributed by atoms with van der Waals surface area (Å²) in [4.78, 5) is 14.0. The molecule has 0 saturated heterocycles. The number of alkyl halides is 1. The third-order valence-electron chi connectivity index (χ3n) is 2.61. The number of hydrogen-bond acceptors (Lipinski definition) is 2. The molecule has 0 aromatic heterocycles. The zero-order chi connectivity index (χ0) is 12.8. The standard InChI is InChI=1S/C13H18ClNO2/c1-4-15(8-7-14)13(16)11-9-10(2)5-6-12(11)17-3/h5-6,9H,4,7-8H2,1-3H3. The average molecular weight is 256 g/mol. The van der Waals surface area contributed by atoms with Gasteiger partial charge >= 0.3 is 0 Å². The van der Waals surface area contributed by atoms with E-state index < -0.39 is 0 Å². The van der Waals surface area contributed by atoms with Crippen LogP contribution < -0.4 is 4.74 Å². The molecule has 0 spiro atoms. The number of carbonyl (C=O) groups is 1. The molecule has 1 aromatic rings. The quantitative estimate of drug-likeness (QED) is 0.757. The maximum atomic E-state index is 12.3. The van der Waals surface area contributed by atoms with Crippen molar-refractivity contribution in [2.75, 3.05) is 26.1 Å². The molecule has 1 amide bonds. The van der Waals surface area contributed by atoms with E-state index in [1.165, 1.54) is 0 Å². The third-order valence-corrected chi connectivity index (χ3v) is 2.78. The van der Waals surface area contributed by atoms with Gasteiger partial charge in [0.15, 0.2) is 0 Å². The third kappa shape index (κ3) is 3.37. The number of halogens is 1. The molecule has 0 fully saturated rings. The predicted octanol–water partition coefficient (Wildman–Crippen LogP) is 2.70. The maximum Gasteiger partial charge on any atom is 0.257 e. The monoisotopic (exact) mass is 255 g/mol. The summed E-state index contributed by atoms with van der Waals surface area (Å²) in [6, 6.07) is 5.59. The largest absolute Gasteiger partial charge is 0.496 e. The molecule has 0 aliphatic heterocycles. The summed E-state index contributed by atoms with van der Waals surface area (Å²) >= 11 is 5.69. The van der Waals surface area contributed by atoms with Gasteiger partial charge < -0.3 is 9.64 Å². The number of benzene rings is 1. The molecule has 0 aliphatic rings. The van der Waals surface area contributed by atoms with Gasteiger partial charge in [0.05, 0.1) is 12.7 Å². The van der Waals surface area contributed by atoms with Crippen molar-refractivity contribution >= 4 is 17.5 Å². The number of methoxy groups -OCH3 is 1. The summed E-state index contributed by atoms with van der Waals surface area (Å²) in [7, 11) is 1.57. The van der Waals surface area contributed by atoms with Gasteiger partial charge in [-0.2, -0.15) is 0 Å². The van der Waals surface area contributed by atoms with E-state index in [0.29, 0.717) is 30.3 Å². The molecule has 1 rings (SSSR count). The van der Waals surface area contributed by atoms with Crippen LogP contribution in [-0.2, 0) is 0 Å². The highest BCUT2D eigenvalue weighted by atomic mass is 35.5. The second kappa shape index (κ2) is 6.50. The van der Waals surface area contributed by atoms with Crippen LogP contribution in [0.3, 0.4) is 0 Å². The first-order chi connectivity index (χ1) is 8.13. The van der Waals surface area contributed by atoms with Gasteiger partial charge in [-0.25, -0.2) is 0 Å². The summed E-state index contributed by atoms with van der Waals surface area (Å²) in [5.41, 5.74) is 1.63. The summed E-state index contributed by atoms with van der Waals surface area (Å²) in [5, 5.41) is 0. The van der Waals surface area contributed by atoms with Crippen LogP contribution in [0.4, 0.5) is 0 Å². The van der Waals surface area contributed by atoms with Gasteiger partial charge in [0.2, 0.25) is 0 Å². The van der Waals surface area contributed by atoms with Crippen molar-refractivity contribution in [2.24, 2.45) is 0 Å². The lowest BCUT2D eigenvalue weighted by Gasteiger charge is -2.21. The second-order valence-corrected chi connectivity index (χ2v) is 4.16. The van der Waals surface area contributed by atoms with Crippen LogP contribution in [0.15, 0.2) is 18.2 Å². The fourth-order valence-electron chi connectivity index (χ4n) is 1.66. The van der Waals surface area contributed by atoms with Crippen LogP contribution >= 0.6 is 11.6 Å². The first-order valence-electron chi connectivity index (χ1n) is 5.63. The van der Waals surface area contributed by atoms with E-state index in [4.69, 9.17) is 16.3 Å². The van der Waals surface area contributed by atoms with Gasteiger partial charge in [0.25, 0.3) is 5.91 Å². The fraction of sp³-hybridized carbons (Fsp3) is 0.462. The minimum atomic E-state index is -0.0336. The lowest BCUT2D eigenvalue weighted by molar-refractivity contribution is 0.0770. The molecule has 4 heteroatoms. The van der Waals surface area contributed by atoms with Crippen LogP contribution in [0.5, 0.6) is 5.75 Å². The highest BCUT2D eigenvalue weighted by Crippen LogP contribution is 2.21. The molecule has 0 bridgehead atoms. The lowest BCUT2D eigenvalue weighted by atomic mass is 10.1. The fourth-order valence-corrected chi connectivity index (χ4v) is 1.87. The van der Waals surface area contributed by atoms with Gasteiger partial charge in [-0.15, -0.1) is 11.6 Å². The number of carbonyl (C=O) groups excluding carboxylic acids is 1. The van der Waals surface area contributed by atoms with Gasteiger partial charge in [-0.1, -0.05) is 11.6 Å². The number of hydrogen-bond donors (Lipinski definition) is 0. The van der Waals surface area contributed by atoms with E-state index >= 15 is 0 Å². The normalized spacial score (nSPS) is 10.1. The Labute approximate surface area is 107 Å². The van der Waals surface area contributed by atoms with Gasteiger partial charge in [0, 0.05) is 19.0 Å². The van der Waals surface area contributed by atoms with Crippen molar-refractivity contribution in [3.8, 4) is 5.75 Å². The van der Waals surface area contributed by atoms with Crippen LogP contribution in [-0.4, -0.2) is 36.9 Å². The number of amides is 1. The molecule has 0 heterocycles. The molecule has 0 N–H and O–H groups in total. The van der Waals surface area contributed by atoms with E-state index in [0.717, 1.165) is 5.56 Å². The number of ether oxygens (including phenoxy) is 1. The predicted molar refractivity (Wildman–Crippen MR) is 70.0 cm³/mol. The summed E-state index contributed by atoms with van der Waals surface area (Å²) in [6.07, 6.45) is 0. The Morgan fingerprint density at radius 3 is 2.71 bits per heavy atom. The molecule has 3 nitrogen and oxygen atoms in total. The van der Waals surface area contributed by atoms with Gasteiger partial charge in [-0.05, 0) is 26.0 Å². The topological polar surface area (TPSA) is 29.5 Å². The van der Waals surface area contributed by atoms with Crippen molar-refractivity contribution < 1.29 is 9.53 Å². The maximum absolute atomic E-state index is 12.3. The van der Waals surface area contributed by atoms with E-state index in [1.54, 1.807) is 12.0 Å². The van der Waals surface area contributed by atoms with Crippen LogP contribution in [0.2, 0.25) is 0 Å². The molecular weight excluding hydrogens is 238 g/mol. The van der Waals surface area contributed by atoms with Gasteiger partial charge in [-0.3, -0.25) is 4.79 Å². The highest BCUT2D eigenvalue weighted by molar-refractivity contribution is 6.18. The molecule has 0 atom stereocenters. The Hall–Kier alpha value is -1.22. The van der Waals surface area contributed by atoms with Crippen molar-refractivity contribution in [3.05, 3.63) is 29.3 Å². The Kier molecular flexibility index (Phi) is 5.29. The first kappa shape index (κ1) is 13.8. The molecule has 0 unspecified atom stereocenters.